The molecular weight excluding hydrogens is 294 g/mol. The Hall–Kier alpha value is -1.77. The number of hydrogen-bond donors (Lipinski definition) is 1. The lowest BCUT2D eigenvalue weighted by molar-refractivity contribution is 0.0761. The number of fused-ring (bicyclic) bond motifs is 1. The van der Waals surface area contributed by atoms with E-state index in [9.17, 15) is 5.26 Å². The number of nitrogens with zero attached hydrogens (tertiary/aromatic N) is 2. The van der Waals surface area contributed by atoms with E-state index in [4.69, 9.17) is 9.72 Å². The zero-order valence-corrected chi connectivity index (χ0v) is 14.0. The van der Waals surface area contributed by atoms with E-state index in [1.807, 2.05) is 32.0 Å². The van der Waals surface area contributed by atoms with Crippen LogP contribution in [0.1, 0.15) is 38.1 Å². The molecule has 1 aromatic carbocycles. The van der Waals surface area contributed by atoms with Gasteiger partial charge in [-0.15, -0.1) is 0 Å². The molecule has 1 aliphatic rings. The number of rotatable bonds is 3. The fourth-order valence-corrected chi connectivity index (χ4v) is 3.58. The number of aromatic nitrogens is 2. The molecule has 2 atom stereocenters. The van der Waals surface area contributed by atoms with Gasteiger partial charge in [-0.05, 0) is 43.9 Å². The first-order valence-electron chi connectivity index (χ1n) is 7.21. The van der Waals surface area contributed by atoms with E-state index in [0.717, 1.165) is 22.4 Å². The van der Waals surface area contributed by atoms with Crippen LogP contribution in [0.3, 0.4) is 0 Å². The number of H-pyrrole nitrogens is 1. The molecule has 0 spiro atoms. The minimum atomic E-state index is -0.510. The molecule has 0 saturated carbocycles. The number of nitriles is 1. The second kappa shape index (κ2) is 5.15. The predicted octanol–water partition coefficient (Wildman–Crippen LogP) is 4.07. The second-order valence-corrected chi connectivity index (χ2v) is 7.55. The van der Waals surface area contributed by atoms with Crippen molar-refractivity contribution < 1.29 is 4.74 Å². The third kappa shape index (κ3) is 2.33. The highest BCUT2D eigenvalue weighted by atomic mass is 32.2. The first-order valence-corrected chi connectivity index (χ1v) is 8.08. The van der Waals surface area contributed by atoms with E-state index < -0.39 is 5.41 Å². The first kappa shape index (κ1) is 15.1. The summed E-state index contributed by atoms with van der Waals surface area (Å²) in [4.78, 5) is 7.77. The molecule has 1 aliphatic heterocycles. The van der Waals surface area contributed by atoms with Crippen LogP contribution in [0.25, 0.3) is 11.0 Å². The van der Waals surface area contributed by atoms with Gasteiger partial charge in [-0.3, -0.25) is 0 Å². The lowest BCUT2D eigenvalue weighted by atomic mass is 9.86. The van der Waals surface area contributed by atoms with Crippen LogP contribution < -0.4 is 0 Å². The van der Waals surface area contributed by atoms with Crippen LogP contribution in [0.15, 0.2) is 29.7 Å². The molecule has 0 saturated heterocycles. The molecule has 4 nitrogen and oxygen atoms in total. The molecular formula is C17H19N3OS. The molecule has 2 heterocycles. The van der Waals surface area contributed by atoms with Gasteiger partial charge in [0.05, 0.1) is 28.4 Å². The van der Waals surface area contributed by atoms with Gasteiger partial charge in [-0.1, -0.05) is 23.9 Å². The standard InChI is InChI=1S/C17H19N3OS/c1-16(2,10-18)11-5-6-13-14(9-11)20-15(19-13)12-7-8-22-17(12,3)21-4/h5-9,12H,1-4H3,(H,19,20). The molecule has 114 valence electrons. The van der Waals surface area contributed by atoms with Gasteiger partial charge in [0, 0.05) is 7.11 Å². The Kier molecular flexibility index (Phi) is 3.54. The summed E-state index contributed by atoms with van der Waals surface area (Å²) in [7, 11) is 1.73. The maximum absolute atomic E-state index is 9.29. The molecule has 0 bridgehead atoms. The lowest BCUT2D eigenvalue weighted by Crippen LogP contribution is -2.27. The van der Waals surface area contributed by atoms with Crippen LogP contribution in [0.5, 0.6) is 0 Å². The van der Waals surface area contributed by atoms with Crippen LogP contribution in [-0.2, 0) is 10.2 Å². The summed E-state index contributed by atoms with van der Waals surface area (Å²) in [6.07, 6.45) is 2.12. The van der Waals surface area contributed by atoms with Crippen LogP contribution in [0.4, 0.5) is 0 Å². The number of nitrogens with one attached hydrogen (secondary N) is 1. The number of aromatic amines is 1. The molecule has 2 unspecified atom stereocenters. The molecule has 0 amide bonds. The van der Waals surface area contributed by atoms with Crippen molar-refractivity contribution >= 4 is 22.8 Å². The summed E-state index contributed by atoms with van der Waals surface area (Å²) in [6.45, 7) is 5.91. The Morgan fingerprint density at radius 2 is 2.23 bits per heavy atom. The predicted molar refractivity (Wildman–Crippen MR) is 89.6 cm³/mol. The molecule has 0 aliphatic carbocycles. The summed E-state index contributed by atoms with van der Waals surface area (Å²) < 4.78 is 5.65. The van der Waals surface area contributed by atoms with Gasteiger partial charge < -0.3 is 9.72 Å². The highest BCUT2D eigenvalue weighted by Gasteiger charge is 2.39. The summed E-state index contributed by atoms with van der Waals surface area (Å²) >= 11 is 1.66. The molecule has 5 heteroatoms. The van der Waals surface area contributed by atoms with Gasteiger partial charge in [-0.2, -0.15) is 5.26 Å². The minimum absolute atomic E-state index is 0.0855. The first-order chi connectivity index (χ1) is 10.4. The van der Waals surface area contributed by atoms with Gasteiger partial charge in [0.25, 0.3) is 0 Å². The Balaban J connectivity index is 2.04. The van der Waals surface area contributed by atoms with Crippen molar-refractivity contribution in [3.8, 4) is 6.07 Å². The zero-order valence-electron chi connectivity index (χ0n) is 13.2. The molecule has 2 aromatic rings. The van der Waals surface area contributed by atoms with E-state index in [0.29, 0.717) is 0 Å². The number of thioether (sulfide) groups is 1. The van der Waals surface area contributed by atoms with Crippen LogP contribution in [0.2, 0.25) is 0 Å². The number of hydrogen-bond acceptors (Lipinski definition) is 4. The fraction of sp³-hybridized carbons (Fsp3) is 0.412. The summed E-state index contributed by atoms with van der Waals surface area (Å²) in [5.41, 5.74) is 2.35. The van der Waals surface area contributed by atoms with Gasteiger partial charge >= 0.3 is 0 Å². The monoisotopic (exact) mass is 313 g/mol. The summed E-state index contributed by atoms with van der Waals surface area (Å²) in [5, 5.41) is 11.4. The van der Waals surface area contributed by atoms with Crippen molar-refractivity contribution in [1.29, 1.82) is 5.26 Å². The molecule has 0 fully saturated rings. The Morgan fingerprint density at radius 1 is 1.45 bits per heavy atom. The van der Waals surface area contributed by atoms with E-state index in [-0.39, 0.29) is 10.9 Å². The summed E-state index contributed by atoms with van der Waals surface area (Å²) in [6, 6.07) is 8.31. The Bertz CT molecular complexity index is 787. The van der Waals surface area contributed by atoms with Crippen molar-refractivity contribution in [2.45, 2.75) is 37.0 Å². The maximum atomic E-state index is 9.29. The van der Waals surface area contributed by atoms with Gasteiger partial charge in [0.2, 0.25) is 0 Å². The number of ether oxygens (including phenoxy) is 1. The van der Waals surface area contributed by atoms with Crippen molar-refractivity contribution in [2.75, 3.05) is 7.11 Å². The lowest BCUT2D eigenvalue weighted by Gasteiger charge is -2.27. The van der Waals surface area contributed by atoms with Crippen molar-refractivity contribution in [2.24, 2.45) is 0 Å². The Morgan fingerprint density at radius 3 is 2.91 bits per heavy atom. The van der Waals surface area contributed by atoms with E-state index in [2.05, 4.69) is 29.5 Å². The van der Waals surface area contributed by atoms with Crippen molar-refractivity contribution in [3.63, 3.8) is 0 Å². The highest BCUT2D eigenvalue weighted by Crippen LogP contribution is 2.46. The summed E-state index contributed by atoms with van der Waals surface area (Å²) in [5.74, 6) is 0.981. The Labute approximate surface area is 134 Å². The molecule has 1 N–H and O–H groups in total. The molecule has 0 radical (unpaired) electrons. The van der Waals surface area contributed by atoms with Gasteiger partial charge in [-0.25, -0.2) is 4.98 Å². The minimum Gasteiger partial charge on any atom is -0.366 e. The van der Waals surface area contributed by atoms with Crippen molar-refractivity contribution in [3.05, 3.63) is 41.1 Å². The second-order valence-electron chi connectivity index (χ2n) is 6.23. The maximum Gasteiger partial charge on any atom is 0.127 e. The van der Waals surface area contributed by atoms with E-state index in [1.165, 1.54) is 0 Å². The van der Waals surface area contributed by atoms with Crippen molar-refractivity contribution in [1.82, 2.24) is 9.97 Å². The zero-order chi connectivity index (χ0) is 16.0. The average Bonchev–Trinajstić information content (AvgIpc) is 3.09. The fourth-order valence-electron chi connectivity index (χ4n) is 2.65. The van der Waals surface area contributed by atoms with Gasteiger partial charge in [0.15, 0.2) is 0 Å². The molecule has 22 heavy (non-hydrogen) atoms. The smallest absolute Gasteiger partial charge is 0.127 e. The largest absolute Gasteiger partial charge is 0.366 e. The van der Waals surface area contributed by atoms with Crippen LogP contribution in [0, 0.1) is 11.3 Å². The molecule has 3 rings (SSSR count). The SMILES string of the molecule is COC1(C)SC=CC1c1nc2ccc(C(C)(C)C#N)cc2[nH]1. The normalized spacial score (nSPS) is 24.8. The van der Waals surface area contributed by atoms with Crippen LogP contribution in [-0.4, -0.2) is 22.0 Å². The van der Waals surface area contributed by atoms with E-state index >= 15 is 0 Å². The number of benzene rings is 1. The quantitative estimate of drug-likeness (QED) is 0.928. The topological polar surface area (TPSA) is 61.7 Å². The third-order valence-electron chi connectivity index (χ3n) is 4.34. The number of methoxy groups -OCH3 is 1. The average molecular weight is 313 g/mol. The van der Waals surface area contributed by atoms with Crippen LogP contribution >= 0.6 is 11.8 Å². The third-order valence-corrected chi connectivity index (χ3v) is 5.52. The highest BCUT2D eigenvalue weighted by molar-refractivity contribution is 8.03. The molecule has 1 aromatic heterocycles. The van der Waals surface area contributed by atoms with E-state index in [1.54, 1.807) is 18.9 Å². The van der Waals surface area contributed by atoms with Gasteiger partial charge in [0.1, 0.15) is 10.8 Å². The number of imidazole rings is 1.